The number of anilines is 1. The average Bonchev–Trinajstić information content (AvgIpc) is 2.83. The zero-order chi connectivity index (χ0) is 18.8. The fourth-order valence-electron chi connectivity index (χ4n) is 2.99. The molecule has 0 aromatic heterocycles. The number of rotatable bonds is 5. The molecule has 1 unspecified atom stereocenters. The van der Waals surface area contributed by atoms with E-state index in [1.165, 1.54) is 12.1 Å². The molecule has 2 N–H and O–H groups in total. The van der Waals surface area contributed by atoms with E-state index in [-0.39, 0.29) is 24.0 Å². The number of hydrogen-bond acceptors (Lipinski definition) is 5. The molecule has 8 heteroatoms. The van der Waals surface area contributed by atoms with Crippen LogP contribution < -0.4 is 10.6 Å². The molecule has 1 aliphatic rings. The third kappa shape index (κ3) is 5.88. The van der Waals surface area contributed by atoms with Gasteiger partial charge in [0.2, 0.25) is 0 Å². The number of amides is 1. The Morgan fingerprint density at radius 3 is 2.72 bits per heavy atom. The summed E-state index contributed by atoms with van der Waals surface area (Å²) in [7, 11) is -3.27. The van der Waals surface area contributed by atoms with Crippen LogP contribution in [0.5, 0.6) is 0 Å². The van der Waals surface area contributed by atoms with Crippen molar-refractivity contribution in [3.05, 3.63) is 29.6 Å². The van der Waals surface area contributed by atoms with Crippen LogP contribution in [0.1, 0.15) is 32.3 Å². The van der Waals surface area contributed by atoms with E-state index in [1.807, 2.05) is 0 Å². The van der Waals surface area contributed by atoms with Crippen LogP contribution in [0.4, 0.5) is 14.9 Å². The Bertz CT molecular complexity index is 744. The highest BCUT2D eigenvalue weighted by Gasteiger charge is 2.33. The molecule has 140 valence electrons. The molecule has 1 heterocycles. The molecule has 0 radical (unpaired) electrons. The minimum absolute atomic E-state index is 0.106. The summed E-state index contributed by atoms with van der Waals surface area (Å²) in [5, 5.41) is 5.80. The second kappa shape index (κ2) is 7.19. The lowest BCUT2D eigenvalue weighted by atomic mass is 9.88. The smallest absolute Gasteiger partial charge is 0.407 e. The zero-order valence-corrected chi connectivity index (χ0v) is 15.7. The van der Waals surface area contributed by atoms with Gasteiger partial charge in [0.25, 0.3) is 0 Å². The molecule has 6 nitrogen and oxygen atoms in total. The van der Waals surface area contributed by atoms with Gasteiger partial charge in [-0.05, 0) is 50.5 Å². The van der Waals surface area contributed by atoms with Gasteiger partial charge < -0.3 is 15.4 Å². The number of sulfone groups is 1. The normalized spacial score (nSPS) is 18.2. The number of ether oxygens (including phenoxy) is 1. The molecule has 2 atom stereocenters. The van der Waals surface area contributed by atoms with Gasteiger partial charge >= 0.3 is 6.09 Å². The standard InChI is InChI=1S/C17H25FN2O4S/c1-17(2,3)24-16(21)20-8-11(10-25(4,22)23)14-9-19-15-6-5-12(18)7-13(14)15/h5-7,11,14,19H,8-10H2,1-4H3,(H,20,21)/t11-,14?/m0/s1. The van der Waals surface area contributed by atoms with Crippen LogP contribution in [0.25, 0.3) is 0 Å². The number of nitrogens with one attached hydrogen (secondary N) is 2. The highest BCUT2D eigenvalue weighted by atomic mass is 32.2. The maximum atomic E-state index is 13.6. The van der Waals surface area contributed by atoms with E-state index >= 15 is 0 Å². The van der Waals surface area contributed by atoms with Crippen LogP contribution in [0, 0.1) is 11.7 Å². The summed E-state index contributed by atoms with van der Waals surface area (Å²) in [4.78, 5) is 11.9. The van der Waals surface area contributed by atoms with E-state index in [0.29, 0.717) is 6.54 Å². The summed E-state index contributed by atoms with van der Waals surface area (Å²) in [5.74, 6) is -1.08. The number of alkyl carbamates (subject to hydrolysis) is 1. The molecule has 1 aromatic rings. The first kappa shape index (κ1) is 19.5. The maximum Gasteiger partial charge on any atom is 0.407 e. The summed E-state index contributed by atoms with van der Waals surface area (Å²) in [5.41, 5.74) is 0.892. The molecule has 1 aliphatic heterocycles. The van der Waals surface area contributed by atoms with Gasteiger partial charge in [0.15, 0.2) is 0 Å². The third-order valence-corrected chi connectivity index (χ3v) is 4.95. The first-order chi connectivity index (χ1) is 11.4. The molecule has 0 fully saturated rings. The first-order valence-corrected chi connectivity index (χ1v) is 10.2. The molecule has 0 saturated heterocycles. The van der Waals surface area contributed by atoms with Crippen molar-refractivity contribution in [1.82, 2.24) is 5.32 Å². The van der Waals surface area contributed by atoms with E-state index in [4.69, 9.17) is 4.74 Å². The molecule has 1 amide bonds. The van der Waals surface area contributed by atoms with Crippen molar-refractivity contribution in [2.45, 2.75) is 32.3 Å². The van der Waals surface area contributed by atoms with Gasteiger partial charge in [0.05, 0.1) is 5.75 Å². The van der Waals surface area contributed by atoms with Crippen molar-refractivity contribution in [1.29, 1.82) is 0 Å². The summed E-state index contributed by atoms with van der Waals surface area (Å²) >= 11 is 0. The molecule has 1 aromatic carbocycles. The lowest BCUT2D eigenvalue weighted by Crippen LogP contribution is -2.39. The quantitative estimate of drug-likeness (QED) is 0.830. The molecule has 0 aliphatic carbocycles. The predicted molar refractivity (Wildman–Crippen MR) is 95.1 cm³/mol. The number of carbonyl (C=O) groups excluding carboxylic acids is 1. The average molecular weight is 372 g/mol. The number of hydrogen-bond donors (Lipinski definition) is 2. The third-order valence-electron chi connectivity index (χ3n) is 3.92. The van der Waals surface area contributed by atoms with Crippen LogP contribution in [-0.2, 0) is 14.6 Å². The Morgan fingerprint density at radius 2 is 2.12 bits per heavy atom. The second-order valence-electron chi connectivity index (χ2n) is 7.45. The molecular weight excluding hydrogens is 347 g/mol. The topological polar surface area (TPSA) is 84.5 Å². The molecule has 25 heavy (non-hydrogen) atoms. The Labute approximate surface area is 148 Å². The van der Waals surface area contributed by atoms with Crippen LogP contribution in [-0.4, -0.2) is 45.2 Å². The van der Waals surface area contributed by atoms with Gasteiger partial charge in [0, 0.05) is 31.0 Å². The Hall–Kier alpha value is -1.83. The molecule has 0 saturated carbocycles. The fourth-order valence-corrected chi connectivity index (χ4v) is 4.11. The van der Waals surface area contributed by atoms with Crippen LogP contribution in [0.15, 0.2) is 18.2 Å². The predicted octanol–water partition coefficient (Wildman–Crippen LogP) is 2.52. The first-order valence-electron chi connectivity index (χ1n) is 8.12. The molecule has 0 bridgehead atoms. The number of fused-ring (bicyclic) bond motifs is 1. The number of halogens is 1. The van der Waals surface area contributed by atoms with Gasteiger partial charge in [-0.1, -0.05) is 0 Å². The van der Waals surface area contributed by atoms with Gasteiger partial charge in [-0.2, -0.15) is 0 Å². The molecular formula is C17H25FN2O4S. The largest absolute Gasteiger partial charge is 0.444 e. The van der Waals surface area contributed by atoms with Crippen LogP contribution in [0.3, 0.4) is 0 Å². The van der Waals surface area contributed by atoms with E-state index in [1.54, 1.807) is 26.8 Å². The fraction of sp³-hybridized carbons (Fsp3) is 0.588. The van der Waals surface area contributed by atoms with Crippen LogP contribution in [0.2, 0.25) is 0 Å². The summed E-state index contributed by atoms with van der Waals surface area (Å²) in [6.07, 6.45) is 0.555. The Balaban J connectivity index is 2.15. The minimum atomic E-state index is -3.27. The van der Waals surface area contributed by atoms with Crippen LogP contribution >= 0.6 is 0 Å². The zero-order valence-electron chi connectivity index (χ0n) is 14.9. The van der Waals surface area contributed by atoms with Gasteiger partial charge in [-0.3, -0.25) is 0 Å². The lowest BCUT2D eigenvalue weighted by molar-refractivity contribution is 0.0519. The summed E-state index contributed by atoms with van der Waals surface area (Å²) in [6, 6.07) is 4.42. The number of benzene rings is 1. The monoisotopic (exact) mass is 372 g/mol. The SMILES string of the molecule is CC(C)(C)OC(=O)NC[C@@H](CS(C)(=O)=O)C1CNc2ccc(F)cc21. The highest BCUT2D eigenvalue weighted by Crippen LogP contribution is 2.37. The Kier molecular flexibility index (Phi) is 5.61. The van der Waals surface area contributed by atoms with Crippen molar-refractivity contribution in [3.8, 4) is 0 Å². The summed E-state index contributed by atoms with van der Waals surface area (Å²) < 4.78 is 42.4. The summed E-state index contributed by atoms with van der Waals surface area (Å²) in [6.45, 7) is 5.88. The number of carbonyl (C=O) groups is 1. The van der Waals surface area contributed by atoms with Gasteiger partial charge in [-0.25, -0.2) is 17.6 Å². The minimum Gasteiger partial charge on any atom is -0.444 e. The van der Waals surface area contributed by atoms with Crippen molar-refractivity contribution < 1.29 is 22.3 Å². The van der Waals surface area contributed by atoms with E-state index < -0.39 is 27.4 Å². The van der Waals surface area contributed by atoms with Crippen molar-refractivity contribution in [3.63, 3.8) is 0 Å². The Morgan fingerprint density at radius 1 is 1.44 bits per heavy atom. The van der Waals surface area contributed by atoms with Gasteiger partial charge in [0.1, 0.15) is 21.3 Å². The lowest BCUT2D eigenvalue weighted by Gasteiger charge is -2.25. The van der Waals surface area contributed by atoms with E-state index in [2.05, 4.69) is 10.6 Å². The maximum absolute atomic E-state index is 13.6. The molecule has 2 rings (SSSR count). The van der Waals surface area contributed by atoms with E-state index in [9.17, 15) is 17.6 Å². The second-order valence-corrected chi connectivity index (χ2v) is 9.64. The van der Waals surface area contributed by atoms with E-state index in [0.717, 1.165) is 17.5 Å². The highest BCUT2D eigenvalue weighted by molar-refractivity contribution is 7.90. The van der Waals surface area contributed by atoms with Gasteiger partial charge in [-0.15, -0.1) is 0 Å². The van der Waals surface area contributed by atoms with Crippen molar-refractivity contribution >= 4 is 21.6 Å². The van der Waals surface area contributed by atoms with Crippen molar-refractivity contribution in [2.24, 2.45) is 5.92 Å². The van der Waals surface area contributed by atoms with Crippen molar-refractivity contribution in [2.75, 3.05) is 30.4 Å². The molecule has 0 spiro atoms.